The van der Waals surface area contributed by atoms with Gasteiger partial charge in [-0.25, -0.2) is 0 Å². The minimum Gasteiger partial charge on any atom is -0.255 e. The van der Waals surface area contributed by atoms with Crippen LogP contribution in [0.2, 0.25) is 0 Å². The van der Waals surface area contributed by atoms with E-state index in [9.17, 15) is 0 Å². The van der Waals surface area contributed by atoms with Gasteiger partial charge in [0.15, 0.2) is 0 Å². The van der Waals surface area contributed by atoms with Crippen LogP contribution in [0.3, 0.4) is 0 Å². The van der Waals surface area contributed by atoms with E-state index in [2.05, 4.69) is 17.7 Å². The molecule has 2 rings (SSSR count). The van der Waals surface area contributed by atoms with Gasteiger partial charge in [-0.3, -0.25) is 4.68 Å². The van der Waals surface area contributed by atoms with Crippen molar-refractivity contribution >= 4 is 23.5 Å². The topological polar surface area (TPSA) is 17.8 Å². The molecule has 0 fully saturated rings. The second-order valence-corrected chi connectivity index (χ2v) is 2.63. The summed E-state index contributed by atoms with van der Waals surface area (Å²) in [4.78, 5) is 0. The van der Waals surface area contributed by atoms with Gasteiger partial charge in [-0.15, -0.1) is 0 Å². The standard InChI is InChI=1S/C8H8N2S/c11-6-10-8-4-2-1-3-7(8)5-9-10/h1-5,11H,6H2. The van der Waals surface area contributed by atoms with Gasteiger partial charge in [0.25, 0.3) is 0 Å². The molecule has 3 heteroatoms. The van der Waals surface area contributed by atoms with Crippen molar-refractivity contribution in [3.8, 4) is 0 Å². The summed E-state index contributed by atoms with van der Waals surface area (Å²) in [5.74, 6) is 0.632. The van der Waals surface area contributed by atoms with E-state index in [4.69, 9.17) is 0 Å². The highest BCUT2D eigenvalue weighted by Crippen LogP contribution is 2.12. The molecule has 11 heavy (non-hydrogen) atoms. The van der Waals surface area contributed by atoms with Gasteiger partial charge in [-0.05, 0) is 6.07 Å². The maximum absolute atomic E-state index is 4.15. The first-order valence-electron chi connectivity index (χ1n) is 3.43. The van der Waals surface area contributed by atoms with Crippen LogP contribution < -0.4 is 0 Å². The van der Waals surface area contributed by atoms with E-state index in [-0.39, 0.29) is 0 Å². The Hall–Kier alpha value is -0.960. The summed E-state index contributed by atoms with van der Waals surface area (Å²) in [6.45, 7) is 0. The zero-order chi connectivity index (χ0) is 7.68. The fourth-order valence-corrected chi connectivity index (χ4v) is 1.36. The van der Waals surface area contributed by atoms with E-state index in [1.807, 2.05) is 35.1 Å². The van der Waals surface area contributed by atoms with E-state index in [0.29, 0.717) is 5.88 Å². The van der Waals surface area contributed by atoms with E-state index in [0.717, 1.165) is 5.52 Å². The highest BCUT2D eigenvalue weighted by atomic mass is 32.1. The molecule has 2 nitrogen and oxygen atoms in total. The van der Waals surface area contributed by atoms with Gasteiger partial charge in [0.2, 0.25) is 0 Å². The molecule has 1 aromatic heterocycles. The first-order chi connectivity index (χ1) is 5.42. The van der Waals surface area contributed by atoms with Crippen LogP contribution in [-0.4, -0.2) is 9.78 Å². The molecule has 0 aliphatic heterocycles. The smallest absolute Gasteiger partial charge is 0.0841 e. The van der Waals surface area contributed by atoms with Crippen LogP contribution in [0, 0.1) is 0 Å². The van der Waals surface area contributed by atoms with Gasteiger partial charge in [-0.2, -0.15) is 17.7 Å². The molecular formula is C8H8N2S. The van der Waals surface area contributed by atoms with Crippen molar-refractivity contribution in [3.63, 3.8) is 0 Å². The van der Waals surface area contributed by atoms with E-state index >= 15 is 0 Å². The molecule has 0 radical (unpaired) electrons. The van der Waals surface area contributed by atoms with Gasteiger partial charge in [0.05, 0.1) is 17.6 Å². The van der Waals surface area contributed by atoms with Crippen LogP contribution in [0.5, 0.6) is 0 Å². The molecule has 0 amide bonds. The minimum atomic E-state index is 0.632. The number of hydrogen-bond acceptors (Lipinski definition) is 2. The molecule has 0 aliphatic carbocycles. The molecule has 56 valence electrons. The van der Waals surface area contributed by atoms with E-state index in [1.54, 1.807) is 0 Å². The van der Waals surface area contributed by atoms with Crippen molar-refractivity contribution in [2.75, 3.05) is 0 Å². The highest BCUT2D eigenvalue weighted by molar-refractivity contribution is 7.79. The molecule has 1 heterocycles. The number of para-hydroxylation sites is 1. The third kappa shape index (κ3) is 1.01. The predicted molar refractivity (Wildman–Crippen MR) is 48.7 cm³/mol. The second kappa shape index (κ2) is 2.58. The molecule has 0 unspecified atom stereocenters. The SMILES string of the molecule is SCn1ncc2ccccc21. The van der Waals surface area contributed by atoms with Crippen LogP contribution in [0.25, 0.3) is 10.9 Å². The molecule has 0 saturated carbocycles. The largest absolute Gasteiger partial charge is 0.255 e. The molecule has 0 spiro atoms. The molecule has 2 aromatic rings. The minimum absolute atomic E-state index is 0.632. The first-order valence-corrected chi connectivity index (χ1v) is 4.06. The molecule has 0 bridgehead atoms. The molecule has 0 aliphatic rings. The summed E-state index contributed by atoms with van der Waals surface area (Å²) in [6.07, 6.45) is 1.85. The Morgan fingerprint density at radius 3 is 3.00 bits per heavy atom. The van der Waals surface area contributed by atoms with Gasteiger partial charge in [0, 0.05) is 5.39 Å². The Morgan fingerprint density at radius 2 is 2.18 bits per heavy atom. The monoisotopic (exact) mass is 164 g/mol. The predicted octanol–water partition coefficient (Wildman–Crippen LogP) is 1.92. The normalized spacial score (nSPS) is 10.6. The Morgan fingerprint density at radius 1 is 1.36 bits per heavy atom. The number of aromatic nitrogens is 2. The number of fused-ring (bicyclic) bond motifs is 1. The molecule has 1 aromatic carbocycles. The van der Waals surface area contributed by atoms with Crippen LogP contribution in [0.15, 0.2) is 30.5 Å². The third-order valence-electron chi connectivity index (χ3n) is 1.68. The maximum Gasteiger partial charge on any atom is 0.0841 e. The van der Waals surface area contributed by atoms with Crippen molar-refractivity contribution in [2.45, 2.75) is 5.88 Å². The lowest BCUT2D eigenvalue weighted by atomic mass is 10.3. The average Bonchev–Trinajstić information content (AvgIpc) is 2.47. The van der Waals surface area contributed by atoms with Gasteiger partial charge in [-0.1, -0.05) is 18.2 Å². The zero-order valence-corrected chi connectivity index (χ0v) is 6.83. The summed E-state index contributed by atoms with van der Waals surface area (Å²) in [7, 11) is 0. The van der Waals surface area contributed by atoms with Crippen molar-refractivity contribution in [2.24, 2.45) is 0 Å². The molecule has 0 saturated heterocycles. The van der Waals surface area contributed by atoms with Crippen LogP contribution in [0.4, 0.5) is 0 Å². The molecule has 0 atom stereocenters. The van der Waals surface area contributed by atoms with Crippen molar-refractivity contribution < 1.29 is 0 Å². The lowest BCUT2D eigenvalue weighted by Gasteiger charge is -1.95. The summed E-state index contributed by atoms with van der Waals surface area (Å²) < 4.78 is 1.86. The Balaban J connectivity index is 2.76. The Bertz CT molecular complexity index is 367. The second-order valence-electron chi connectivity index (χ2n) is 2.34. The zero-order valence-electron chi connectivity index (χ0n) is 5.94. The summed E-state index contributed by atoms with van der Waals surface area (Å²) >= 11 is 4.15. The Labute approximate surface area is 70.2 Å². The van der Waals surface area contributed by atoms with Gasteiger partial charge < -0.3 is 0 Å². The van der Waals surface area contributed by atoms with Gasteiger partial charge >= 0.3 is 0 Å². The first kappa shape index (κ1) is 6.73. The lowest BCUT2D eigenvalue weighted by Crippen LogP contribution is -1.92. The van der Waals surface area contributed by atoms with Gasteiger partial charge in [0.1, 0.15) is 0 Å². The maximum atomic E-state index is 4.15. The summed E-state index contributed by atoms with van der Waals surface area (Å²) in [6, 6.07) is 8.09. The van der Waals surface area contributed by atoms with Crippen molar-refractivity contribution in [1.29, 1.82) is 0 Å². The van der Waals surface area contributed by atoms with E-state index < -0.39 is 0 Å². The average molecular weight is 164 g/mol. The number of hydrogen-bond donors (Lipinski definition) is 1. The summed E-state index contributed by atoms with van der Waals surface area (Å²) in [5, 5.41) is 5.32. The number of thiol groups is 1. The number of benzene rings is 1. The quantitative estimate of drug-likeness (QED) is 0.637. The van der Waals surface area contributed by atoms with Crippen LogP contribution in [0.1, 0.15) is 0 Å². The van der Waals surface area contributed by atoms with Crippen LogP contribution in [-0.2, 0) is 5.88 Å². The Kier molecular flexibility index (Phi) is 1.58. The number of rotatable bonds is 1. The van der Waals surface area contributed by atoms with Crippen molar-refractivity contribution in [3.05, 3.63) is 30.5 Å². The molecular weight excluding hydrogens is 156 g/mol. The van der Waals surface area contributed by atoms with Crippen molar-refractivity contribution in [1.82, 2.24) is 9.78 Å². The van der Waals surface area contributed by atoms with E-state index in [1.165, 1.54) is 5.39 Å². The lowest BCUT2D eigenvalue weighted by molar-refractivity contribution is 0.783. The third-order valence-corrected chi connectivity index (χ3v) is 1.95. The fourth-order valence-electron chi connectivity index (χ4n) is 1.14. The highest BCUT2D eigenvalue weighted by Gasteiger charge is 1.97. The molecule has 0 N–H and O–H groups in total. The summed E-state index contributed by atoms with van der Waals surface area (Å²) in [5.41, 5.74) is 1.14. The fraction of sp³-hybridized carbons (Fsp3) is 0.125. The number of nitrogens with zero attached hydrogens (tertiary/aromatic N) is 2. The van der Waals surface area contributed by atoms with Crippen LogP contribution >= 0.6 is 12.6 Å².